The molecular weight excluding hydrogens is 236 g/mol. The summed E-state index contributed by atoms with van der Waals surface area (Å²) in [6.45, 7) is 0. The molecule has 15 heavy (non-hydrogen) atoms. The molecule has 0 aliphatic heterocycles. The van der Waals surface area contributed by atoms with E-state index < -0.39 is 9.05 Å². The average molecular weight is 245 g/mol. The Bertz CT molecular complexity index is 604. The summed E-state index contributed by atoms with van der Waals surface area (Å²) in [6.07, 6.45) is 1.69. The summed E-state index contributed by atoms with van der Waals surface area (Å²) < 4.78 is 23.7. The molecular formula is C9H9ClN2O2S. The maximum absolute atomic E-state index is 11.0. The van der Waals surface area contributed by atoms with Crippen LogP contribution in [0.15, 0.2) is 24.4 Å². The van der Waals surface area contributed by atoms with Gasteiger partial charge in [0.2, 0.25) is 9.05 Å². The fourth-order valence-electron chi connectivity index (χ4n) is 1.62. The van der Waals surface area contributed by atoms with E-state index in [2.05, 4.69) is 5.10 Å². The Labute approximate surface area is 91.9 Å². The number of para-hydroxylation sites is 1. The summed E-state index contributed by atoms with van der Waals surface area (Å²) in [5.41, 5.74) is 1.48. The number of rotatable bonds is 2. The fourth-order valence-corrected chi connectivity index (χ4v) is 2.58. The maximum Gasteiger partial charge on any atom is 0.236 e. The average Bonchev–Trinajstić information content (AvgIpc) is 2.46. The van der Waals surface area contributed by atoms with E-state index in [9.17, 15) is 8.42 Å². The van der Waals surface area contributed by atoms with Crippen LogP contribution in [0.3, 0.4) is 0 Å². The van der Waals surface area contributed by atoms with Gasteiger partial charge in [-0.2, -0.15) is 5.10 Å². The predicted octanol–water partition coefficient (Wildman–Crippen LogP) is 1.64. The monoisotopic (exact) mass is 244 g/mol. The van der Waals surface area contributed by atoms with Gasteiger partial charge in [0.15, 0.2) is 0 Å². The molecule has 0 saturated heterocycles. The quantitative estimate of drug-likeness (QED) is 0.755. The number of halogens is 1. The van der Waals surface area contributed by atoms with Crippen LogP contribution in [0, 0.1) is 0 Å². The van der Waals surface area contributed by atoms with Gasteiger partial charge in [-0.3, -0.25) is 4.68 Å². The molecule has 0 N–H and O–H groups in total. The Morgan fingerprint density at radius 1 is 1.47 bits per heavy atom. The number of nitrogens with zero attached hydrogens (tertiary/aromatic N) is 2. The van der Waals surface area contributed by atoms with Crippen LogP contribution < -0.4 is 0 Å². The first-order chi connectivity index (χ1) is 6.97. The number of benzene rings is 1. The van der Waals surface area contributed by atoms with Gasteiger partial charge in [-0.05, 0) is 5.56 Å². The molecule has 0 aliphatic carbocycles. The zero-order valence-corrected chi connectivity index (χ0v) is 9.59. The molecule has 2 aromatic rings. The molecule has 0 amide bonds. The first kappa shape index (κ1) is 10.4. The van der Waals surface area contributed by atoms with Gasteiger partial charge in [0.25, 0.3) is 0 Å². The van der Waals surface area contributed by atoms with Crippen molar-refractivity contribution >= 4 is 30.6 Å². The van der Waals surface area contributed by atoms with Gasteiger partial charge in [-0.25, -0.2) is 8.42 Å². The molecule has 0 saturated carbocycles. The highest BCUT2D eigenvalue weighted by atomic mass is 35.7. The lowest BCUT2D eigenvalue weighted by molar-refractivity contribution is 0.609. The van der Waals surface area contributed by atoms with E-state index in [0.717, 1.165) is 10.9 Å². The molecule has 2 rings (SSSR count). The van der Waals surface area contributed by atoms with Gasteiger partial charge >= 0.3 is 0 Å². The molecule has 1 aromatic carbocycles. The van der Waals surface area contributed by atoms with Crippen molar-refractivity contribution in [2.75, 3.05) is 0 Å². The Balaban J connectivity index is 2.65. The second kappa shape index (κ2) is 3.50. The first-order valence-corrected chi connectivity index (χ1v) is 6.77. The highest BCUT2D eigenvalue weighted by Crippen LogP contribution is 2.20. The Morgan fingerprint density at radius 2 is 2.20 bits per heavy atom. The molecule has 6 heteroatoms. The van der Waals surface area contributed by atoms with Crippen molar-refractivity contribution in [3.63, 3.8) is 0 Å². The van der Waals surface area contributed by atoms with E-state index in [-0.39, 0.29) is 5.75 Å². The second-order valence-corrected chi connectivity index (χ2v) is 6.08. The predicted molar refractivity (Wildman–Crippen MR) is 59.2 cm³/mol. The van der Waals surface area contributed by atoms with Crippen molar-refractivity contribution in [2.45, 2.75) is 5.75 Å². The van der Waals surface area contributed by atoms with Crippen LogP contribution in [0.25, 0.3) is 10.9 Å². The molecule has 0 fully saturated rings. The van der Waals surface area contributed by atoms with Crippen LogP contribution in [0.5, 0.6) is 0 Å². The highest BCUT2D eigenvalue weighted by Gasteiger charge is 2.12. The third-order valence-electron chi connectivity index (χ3n) is 2.17. The molecule has 1 heterocycles. The number of fused-ring (bicyclic) bond motifs is 1. The van der Waals surface area contributed by atoms with Gasteiger partial charge in [0.05, 0.1) is 17.5 Å². The molecule has 4 nitrogen and oxygen atoms in total. The lowest BCUT2D eigenvalue weighted by Gasteiger charge is -2.02. The fraction of sp³-hybridized carbons (Fsp3) is 0.222. The van der Waals surface area contributed by atoms with Crippen LogP contribution in [0.2, 0.25) is 0 Å². The maximum atomic E-state index is 11.0. The third kappa shape index (κ3) is 2.13. The standard InChI is InChI=1S/C9H9ClN2O2S/c1-12-9-7(5-11-12)3-2-4-8(9)6-15(10,13)14/h2-5H,6H2,1H3. The van der Waals surface area contributed by atoms with Gasteiger partial charge in [-0.1, -0.05) is 18.2 Å². The molecule has 0 bridgehead atoms. The molecule has 1 aromatic heterocycles. The Kier molecular flexibility index (Phi) is 2.44. The van der Waals surface area contributed by atoms with Gasteiger partial charge in [-0.15, -0.1) is 0 Å². The number of aryl methyl sites for hydroxylation is 1. The minimum atomic E-state index is -3.53. The summed E-state index contributed by atoms with van der Waals surface area (Å²) in [5.74, 6) is -0.175. The van der Waals surface area contributed by atoms with E-state index in [4.69, 9.17) is 10.7 Å². The zero-order valence-electron chi connectivity index (χ0n) is 8.01. The second-order valence-electron chi connectivity index (χ2n) is 3.31. The minimum Gasteiger partial charge on any atom is -0.268 e. The van der Waals surface area contributed by atoms with E-state index in [0.29, 0.717) is 5.56 Å². The third-order valence-corrected chi connectivity index (χ3v) is 3.16. The number of hydrogen-bond donors (Lipinski definition) is 0. The van der Waals surface area contributed by atoms with Crippen molar-refractivity contribution in [1.29, 1.82) is 0 Å². The van der Waals surface area contributed by atoms with Crippen LogP contribution in [0.1, 0.15) is 5.56 Å². The zero-order chi connectivity index (χ0) is 11.1. The Hall–Kier alpha value is -1.07. The van der Waals surface area contributed by atoms with Gasteiger partial charge in [0, 0.05) is 23.1 Å². The molecule has 0 aliphatic rings. The topological polar surface area (TPSA) is 52.0 Å². The number of aromatic nitrogens is 2. The van der Waals surface area contributed by atoms with Crippen molar-refractivity contribution in [1.82, 2.24) is 9.78 Å². The largest absolute Gasteiger partial charge is 0.268 e. The van der Waals surface area contributed by atoms with E-state index in [1.807, 2.05) is 6.07 Å². The van der Waals surface area contributed by atoms with Crippen LogP contribution >= 0.6 is 10.7 Å². The molecule has 0 atom stereocenters. The summed E-state index contributed by atoms with van der Waals surface area (Å²) in [5, 5.41) is 4.98. The van der Waals surface area contributed by atoms with Crippen LogP contribution in [-0.4, -0.2) is 18.2 Å². The number of hydrogen-bond acceptors (Lipinski definition) is 3. The summed E-state index contributed by atoms with van der Waals surface area (Å²) in [6, 6.07) is 5.41. The first-order valence-electron chi connectivity index (χ1n) is 4.29. The van der Waals surface area contributed by atoms with Crippen molar-refractivity contribution in [3.8, 4) is 0 Å². The normalized spacial score (nSPS) is 12.1. The highest BCUT2D eigenvalue weighted by molar-refractivity contribution is 8.13. The molecule has 0 spiro atoms. The summed E-state index contributed by atoms with van der Waals surface area (Å²) in [4.78, 5) is 0. The lowest BCUT2D eigenvalue weighted by atomic mass is 10.2. The van der Waals surface area contributed by atoms with E-state index in [1.165, 1.54) is 0 Å². The van der Waals surface area contributed by atoms with E-state index >= 15 is 0 Å². The lowest BCUT2D eigenvalue weighted by Crippen LogP contribution is -1.99. The van der Waals surface area contributed by atoms with Gasteiger partial charge < -0.3 is 0 Å². The van der Waals surface area contributed by atoms with Gasteiger partial charge in [0.1, 0.15) is 0 Å². The van der Waals surface area contributed by atoms with Crippen molar-refractivity contribution < 1.29 is 8.42 Å². The van der Waals surface area contributed by atoms with E-state index in [1.54, 1.807) is 30.1 Å². The van der Waals surface area contributed by atoms with Crippen LogP contribution in [0.4, 0.5) is 0 Å². The SMILES string of the molecule is Cn1ncc2cccc(CS(=O)(=O)Cl)c21. The smallest absolute Gasteiger partial charge is 0.236 e. The minimum absolute atomic E-state index is 0.175. The molecule has 0 radical (unpaired) electrons. The summed E-state index contributed by atoms with van der Waals surface area (Å²) >= 11 is 0. The Morgan fingerprint density at radius 3 is 2.87 bits per heavy atom. The molecule has 80 valence electrons. The van der Waals surface area contributed by atoms with Crippen molar-refractivity contribution in [2.24, 2.45) is 7.05 Å². The van der Waals surface area contributed by atoms with Crippen molar-refractivity contribution in [3.05, 3.63) is 30.0 Å². The summed E-state index contributed by atoms with van der Waals surface area (Å²) in [7, 11) is 3.47. The molecule has 0 unspecified atom stereocenters. The van der Waals surface area contributed by atoms with Crippen LogP contribution in [-0.2, 0) is 21.9 Å².